The lowest BCUT2D eigenvalue weighted by Gasteiger charge is -2.25. The largest absolute Gasteiger partial charge is 0.493 e. The van der Waals surface area contributed by atoms with E-state index in [1.54, 1.807) is 14.2 Å². The van der Waals surface area contributed by atoms with Crippen molar-refractivity contribution >= 4 is 23.3 Å². The highest BCUT2D eigenvalue weighted by Gasteiger charge is 2.33. The van der Waals surface area contributed by atoms with E-state index in [0.717, 1.165) is 24.1 Å². The van der Waals surface area contributed by atoms with Crippen molar-refractivity contribution in [2.45, 2.75) is 18.9 Å². The van der Waals surface area contributed by atoms with E-state index in [-0.39, 0.29) is 5.54 Å². The standard InChI is InChI=1S/C14H18N2O3S/c1-14(4-5-19-8-14)16-10-7-12(18-3)11(17-2)6-9(10)15-13(16)20/h6-7H,4-5,8H2,1-3H3,(H,15,20). The molecule has 20 heavy (non-hydrogen) atoms. The van der Waals surface area contributed by atoms with Crippen molar-refractivity contribution in [3.8, 4) is 11.5 Å². The average Bonchev–Trinajstić information content (AvgIpc) is 3.00. The van der Waals surface area contributed by atoms with E-state index in [1.807, 2.05) is 12.1 Å². The number of benzene rings is 1. The molecule has 0 amide bonds. The van der Waals surface area contributed by atoms with Crippen LogP contribution in [-0.2, 0) is 10.3 Å². The van der Waals surface area contributed by atoms with E-state index < -0.39 is 0 Å². The highest BCUT2D eigenvalue weighted by molar-refractivity contribution is 7.71. The van der Waals surface area contributed by atoms with Crippen LogP contribution in [0.2, 0.25) is 0 Å². The summed E-state index contributed by atoms with van der Waals surface area (Å²) in [6.45, 7) is 3.60. The normalized spacial score (nSPS) is 22.4. The number of nitrogens with one attached hydrogen (secondary N) is 1. The molecule has 1 fully saturated rings. The summed E-state index contributed by atoms with van der Waals surface area (Å²) < 4.78 is 19.1. The quantitative estimate of drug-likeness (QED) is 0.884. The van der Waals surface area contributed by atoms with E-state index in [2.05, 4.69) is 16.5 Å². The molecular weight excluding hydrogens is 276 g/mol. The Balaban J connectivity index is 2.27. The molecule has 0 bridgehead atoms. The zero-order valence-corrected chi connectivity index (χ0v) is 12.7. The van der Waals surface area contributed by atoms with E-state index >= 15 is 0 Å². The molecule has 1 unspecified atom stereocenters. The van der Waals surface area contributed by atoms with Gasteiger partial charge in [0.15, 0.2) is 16.3 Å². The number of methoxy groups -OCH3 is 2. The van der Waals surface area contributed by atoms with Gasteiger partial charge in [0.2, 0.25) is 0 Å². The molecule has 6 heteroatoms. The maximum atomic E-state index is 5.55. The summed E-state index contributed by atoms with van der Waals surface area (Å²) in [4.78, 5) is 3.24. The highest BCUT2D eigenvalue weighted by atomic mass is 32.1. The molecule has 1 N–H and O–H groups in total. The van der Waals surface area contributed by atoms with Crippen molar-refractivity contribution in [1.82, 2.24) is 9.55 Å². The minimum Gasteiger partial charge on any atom is -0.493 e. The number of H-pyrrole nitrogens is 1. The number of aromatic nitrogens is 2. The number of nitrogens with zero attached hydrogens (tertiary/aromatic N) is 1. The fourth-order valence-corrected chi connectivity index (χ4v) is 3.23. The first-order valence-corrected chi connectivity index (χ1v) is 6.95. The maximum Gasteiger partial charge on any atom is 0.178 e. The number of imidazole rings is 1. The summed E-state index contributed by atoms with van der Waals surface area (Å²) in [7, 11) is 3.26. The Kier molecular flexibility index (Phi) is 3.22. The molecule has 0 radical (unpaired) electrons. The molecule has 1 aromatic carbocycles. The molecular formula is C14H18N2O3S. The average molecular weight is 294 g/mol. The highest BCUT2D eigenvalue weighted by Crippen LogP contribution is 2.36. The number of fused-ring (bicyclic) bond motifs is 1. The molecule has 0 aliphatic carbocycles. The van der Waals surface area contributed by atoms with Crippen LogP contribution in [-0.4, -0.2) is 37.0 Å². The molecule has 1 aliphatic rings. The third-order valence-electron chi connectivity index (χ3n) is 3.93. The van der Waals surface area contributed by atoms with Gasteiger partial charge < -0.3 is 23.8 Å². The first kappa shape index (κ1) is 13.5. The third-order valence-corrected chi connectivity index (χ3v) is 4.21. The number of aromatic amines is 1. The van der Waals surface area contributed by atoms with Gasteiger partial charge in [0.05, 0.1) is 37.4 Å². The first-order valence-electron chi connectivity index (χ1n) is 6.54. The molecule has 3 rings (SSSR count). The molecule has 5 nitrogen and oxygen atoms in total. The van der Waals surface area contributed by atoms with Crippen molar-refractivity contribution in [2.24, 2.45) is 0 Å². The second-order valence-corrected chi connectivity index (χ2v) is 5.68. The zero-order chi connectivity index (χ0) is 14.3. The molecule has 108 valence electrons. The summed E-state index contributed by atoms with van der Waals surface area (Å²) in [5, 5.41) is 0. The van der Waals surface area contributed by atoms with Crippen LogP contribution in [0.15, 0.2) is 12.1 Å². The van der Waals surface area contributed by atoms with Crippen LogP contribution < -0.4 is 9.47 Å². The van der Waals surface area contributed by atoms with Gasteiger partial charge in [0.1, 0.15) is 0 Å². The fourth-order valence-electron chi connectivity index (χ4n) is 2.80. The molecule has 1 aliphatic heterocycles. The third kappa shape index (κ3) is 1.91. The topological polar surface area (TPSA) is 48.4 Å². The number of rotatable bonds is 3. The number of hydrogen-bond acceptors (Lipinski definition) is 4. The monoisotopic (exact) mass is 294 g/mol. The molecule has 2 aromatic rings. The fraction of sp³-hybridized carbons (Fsp3) is 0.500. The van der Waals surface area contributed by atoms with Crippen LogP contribution in [0.25, 0.3) is 11.0 Å². The molecule has 1 saturated heterocycles. The minimum absolute atomic E-state index is 0.116. The van der Waals surface area contributed by atoms with Crippen LogP contribution in [0.3, 0.4) is 0 Å². The molecule has 1 aromatic heterocycles. The van der Waals surface area contributed by atoms with Crippen molar-refractivity contribution in [2.75, 3.05) is 27.4 Å². The predicted molar refractivity (Wildman–Crippen MR) is 79.3 cm³/mol. The van der Waals surface area contributed by atoms with E-state index in [0.29, 0.717) is 22.9 Å². The van der Waals surface area contributed by atoms with Crippen LogP contribution in [0, 0.1) is 4.77 Å². The Bertz CT molecular complexity index is 698. The van der Waals surface area contributed by atoms with Crippen molar-refractivity contribution < 1.29 is 14.2 Å². The van der Waals surface area contributed by atoms with Crippen molar-refractivity contribution in [1.29, 1.82) is 0 Å². The van der Waals surface area contributed by atoms with Gasteiger partial charge in [-0.15, -0.1) is 0 Å². The van der Waals surface area contributed by atoms with E-state index in [1.165, 1.54) is 0 Å². The van der Waals surface area contributed by atoms with Crippen LogP contribution >= 0.6 is 12.2 Å². The Labute approximate surface area is 122 Å². The second kappa shape index (κ2) is 4.79. The molecule has 1 atom stereocenters. The van der Waals surface area contributed by atoms with E-state index in [4.69, 9.17) is 26.4 Å². The number of hydrogen-bond donors (Lipinski definition) is 1. The van der Waals surface area contributed by atoms with Gasteiger partial charge in [0.25, 0.3) is 0 Å². The summed E-state index contributed by atoms with van der Waals surface area (Å²) in [5.74, 6) is 1.39. The first-order chi connectivity index (χ1) is 9.59. The summed E-state index contributed by atoms with van der Waals surface area (Å²) in [6, 6.07) is 3.88. The Morgan fingerprint density at radius 3 is 2.60 bits per heavy atom. The Morgan fingerprint density at radius 1 is 1.30 bits per heavy atom. The summed E-state index contributed by atoms with van der Waals surface area (Å²) in [6.07, 6.45) is 0.947. The molecule has 2 heterocycles. The second-order valence-electron chi connectivity index (χ2n) is 5.29. The van der Waals surface area contributed by atoms with Gasteiger partial charge in [-0.1, -0.05) is 0 Å². The SMILES string of the molecule is COc1cc2[nH]c(=S)n(C3(C)CCOC3)c2cc1OC. The maximum absolute atomic E-state index is 5.55. The minimum atomic E-state index is -0.116. The summed E-state index contributed by atoms with van der Waals surface area (Å²) in [5.41, 5.74) is 1.84. The van der Waals surface area contributed by atoms with Gasteiger partial charge in [-0.2, -0.15) is 0 Å². The van der Waals surface area contributed by atoms with Crippen molar-refractivity contribution in [3.63, 3.8) is 0 Å². The van der Waals surface area contributed by atoms with Gasteiger partial charge >= 0.3 is 0 Å². The summed E-state index contributed by atoms with van der Waals surface area (Å²) >= 11 is 5.49. The van der Waals surface area contributed by atoms with Crippen LogP contribution in [0.5, 0.6) is 11.5 Å². The lowest BCUT2D eigenvalue weighted by atomic mass is 10.0. The zero-order valence-electron chi connectivity index (χ0n) is 11.9. The van der Waals surface area contributed by atoms with Gasteiger partial charge in [0, 0.05) is 18.7 Å². The molecule has 0 saturated carbocycles. The lowest BCUT2D eigenvalue weighted by molar-refractivity contribution is 0.162. The number of ether oxygens (including phenoxy) is 3. The van der Waals surface area contributed by atoms with Crippen LogP contribution in [0.4, 0.5) is 0 Å². The lowest BCUT2D eigenvalue weighted by Crippen LogP contribution is -2.30. The predicted octanol–water partition coefficient (Wildman–Crippen LogP) is 2.85. The van der Waals surface area contributed by atoms with Gasteiger partial charge in [-0.05, 0) is 25.6 Å². The van der Waals surface area contributed by atoms with E-state index in [9.17, 15) is 0 Å². The van der Waals surface area contributed by atoms with Gasteiger partial charge in [-0.25, -0.2) is 0 Å². The van der Waals surface area contributed by atoms with Gasteiger partial charge in [-0.3, -0.25) is 0 Å². The van der Waals surface area contributed by atoms with Crippen molar-refractivity contribution in [3.05, 3.63) is 16.9 Å². The Morgan fingerprint density at radius 2 is 2.00 bits per heavy atom. The smallest absolute Gasteiger partial charge is 0.178 e. The van der Waals surface area contributed by atoms with Crippen LogP contribution in [0.1, 0.15) is 13.3 Å². The molecule has 0 spiro atoms. The Hall–Kier alpha value is -1.53.